The molecule has 2 aromatic carbocycles. The molecule has 7 heteroatoms. The van der Waals surface area contributed by atoms with Crippen molar-refractivity contribution >= 4 is 27.7 Å². The third-order valence-electron chi connectivity index (χ3n) is 3.28. The maximum atomic E-state index is 6.15. The number of nitrogen functional groups attached to an aromatic ring is 1. The van der Waals surface area contributed by atoms with E-state index in [0.29, 0.717) is 11.0 Å². The number of rotatable bonds is 5. The fraction of sp³-hybridized carbons (Fsp3) is 0.125. The molecule has 5 nitrogen and oxygen atoms in total. The molecule has 0 fully saturated rings. The molecule has 23 heavy (non-hydrogen) atoms. The molecule has 118 valence electrons. The smallest absolute Gasteiger partial charge is 0.210 e. The first-order chi connectivity index (χ1) is 11.2. The van der Waals surface area contributed by atoms with Crippen LogP contribution in [0.3, 0.4) is 0 Å². The highest BCUT2D eigenvalue weighted by atomic mass is 79.9. The second-order valence-corrected chi connectivity index (χ2v) is 6.59. The van der Waals surface area contributed by atoms with Gasteiger partial charge >= 0.3 is 0 Å². The molecule has 1 heterocycles. The fourth-order valence-corrected chi connectivity index (χ4v) is 3.37. The van der Waals surface area contributed by atoms with Crippen LogP contribution in [0.2, 0.25) is 0 Å². The number of hydrogen-bond donors (Lipinski definition) is 1. The predicted molar refractivity (Wildman–Crippen MR) is 95.9 cm³/mol. The van der Waals surface area contributed by atoms with Crippen LogP contribution in [0.5, 0.6) is 5.75 Å². The number of ether oxygens (including phenoxy) is 1. The van der Waals surface area contributed by atoms with Gasteiger partial charge < -0.3 is 10.6 Å². The van der Waals surface area contributed by atoms with E-state index in [0.717, 1.165) is 27.1 Å². The van der Waals surface area contributed by atoms with Crippen LogP contribution in [-0.4, -0.2) is 22.0 Å². The molecule has 0 aliphatic heterocycles. The molecular weight excluding hydrogens is 376 g/mol. The van der Waals surface area contributed by atoms with Gasteiger partial charge in [-0.1, -0.05) is 52.0 Å². The second kappa shape index (κ2) is 7.06. The Balaban J connectivity index is 1.78. The van der Waals surface area contributed by atoms with Crippen LogP contribution in [0.4, 0.5) is 0 Å². The summed E-state index contributed by atoms with van der Waals surface area (Å²) >= 11 is 5.04. The first-order valence-corrected chi connectivity index (χ1v) is 8.68. The largest absolute Gasteiger partial charge is 0.497 e. The molecular formula is C16H15BrN4OS. The lowest BCUT2D eigenvalue weighted by Gasteiger charge is -2.06. The number of nitrogens with zero attached hydrogens (tertiary/aromatic N) is 3. The van der Waals surface area contributed by atoms with E-state index in [9.17, 15) is 0 Å². The van der Waals surface area contributed by atoms with Crippen molar-refractivity contribution < 1.29 is 4.74 Å². The predicted octanol–water partition coefficient (Wildman–Crippen LogP) is 3.72. The summed E-state index contributed by atoms with van der Waals surface area (Å²) in [6.45, 7) is 0. The number of halogens is 1. The van der Waals surface area contributed by atoms with Gasteiger partial charge in [0.05, 0.1) is 7.11 Å². The summed E-state index contributed by atoms with van der Waals surface area (Å²) < 4.78 is 7.69. The Morgan fingerprint density at radius 1 is 1.17 bits per heavy atom. The van der Waals surface area contributed by atoms with E-state index in [1.54, 1.807) is 7.11 Å². The van der Waals surface area contributed by atoms with E-state index in [2.05, 4.69) is 26.1 Å². The summed E-state index contributed by atoms with van der Waals surface area (Å²) in [6, 6.07) is 15.7. The van der Waals surface area contributed by atoms with E-state index in [1.807, 2.05) is 48.5 Å². The zero-order chi connectivity index (χ0) is 16.2. The Bertz CT molecular complexity index is 821. The molecule has 0 saturated heterocycles. The molecule has 0 bridgehead atoms. The van der Waals surface area contributed by atoms with Crippen LogP contribution in [-0.2, 0) is 5.75 Å². The highest BCUT2D eigenvalue weighted by Crippen LogP contribution is 2.29. The van der Waals surface area contributed by atoms with Crippen LogP contribution in [0, 0.1) is 0 Å². The molecule has 0 radical (unpaired) electrons. The van der Waals surface area contributed by atoms with Gasteiger partial charge in [0, 0.05) is 15.8 Å². The van der Waals surface area contributed by atoms with Crippen molar-refractivity contribution in [3.63, 3.8) is 0 Å². The molecule has 2 N–H and O–H groups in total. The summed E-state index contributed by atoms with van der Waals surface area (Å²) in [5.41, 5.74) is 2.05. The van der Waals surface area contributed by atoms with E-state index in [4.69, 9.17) is 10.6 Å². The van der Waals surface area contributed by atoms with Crippen molar-refractivity contribution in [2.24, 2.45) is 0 Å². The third kappa shape index (κ3) is 3.51. The number of methoxy groups -OCH3 is 1. The Morgan fingerprint density at radius 3 is 2.78 bits per heavy atom. The monoisotopic (exact) mass is 390 g/mol. The van der Waals surface area contributed by atoms with E-state index >= 15 is 0 Å². The Labute approximate surface area is 147 Å². The average molecular weight is 391 g/mol. The van der Waals surface area contributed by atoms with Gasteiger partial charge in [-0.25, -0.2) is 4.68 Å². The molecule has 0 atom stereocenters. The molecule has 0 spiro atoms. The number of benzene rings is 2. The highest BCUT2D eigenvalue weighted by molar-refractivity contribution is 9.10. The lowest BCUT2D eigenvalue weighted by molar-refractivity contribution is 0.414. The third-order valence-corrected chi connectivity index (χ3v) is 4.99. The van der Waals surface area contributed by atoms with E-state index < -0.39 is 0 Å². The maximum Gasteiger partial charge on any atom is 0.210 e. The molecule has 0 unspecified atom stereocenters. The zero-order valence-corrected chi connectivity index (χ0v) is 14.8. The van der Waals surface area contributed by atoms with Crippen LogP contribution in [0.25, 0.3) is 11.4 Å². The van der Waals surface area contributed by atoms with Crippen molar-refractivity contribution in [3.8, 4) is 17.1 Å². The summed E-state index contributed by atoms with van der Waals surface area (Å²) in [6.07, 6.45) is 0. The molecule has 0 aliphatic rings. The van der Waals surface area contributed by atoms with E-state index in [1.165, 1.54) is 16.4 Å². The van der Waals surface area contributed by atoms with Gasteiger partial charge in [0.2, 0.25) is 5.16 Å². The van der Waals surface area contributed by atoms with Gasteiger partial charge in [-0.05, 0) is 29.8 Å². The second-order valence-electron chi connectivity index (χ2n) is 4.80. The van der Waals surface area contributed by atoms with Crippen LogP contribution in [0.15, 0.2) is 58.2 Å². The lowest BCUT2D eigenvalue weighted by atomic mass is 10.2. The van der Waals surface area contributed by atoms with E-state index in [-0.39, 0.29) is 0 Å². The fourth-order valence-electron chi connectivity index (χ4n) is 2.11. The average Bonchev–Trinajstić information content (AvgIpc) is 2.94. The molecule has 3 aromatic rings. The minimum atomic E-state index is 0.630. The van der Waals surface area contributed by atoms with Gasteiger partial charge in [-0.3, -0.25) is 0 Å². The molecule has 0 saturated carbocycles. The van der Waals surface area contributed by atoms with Crippen molar-refractivity contribution in [1.82, 2.24) is 14.9 Å². The zero-order valence-electron chi connectivity index (χ0n) is 12.4. The van der Waals surface area contributed by atoms with Crippen molar-refractivity contribution in [1.29, 1.82) is 0 Å². The topological polar surface area (TPSA) is 66.0 Å². The summed E-state index contributed by atoms with van der Waals surface area (Å²) in [4.78, 5) is 0. The quantitative estimate of drug-likeness (QED) is 0.531. The van der Waals surface area contributed by atoms with Crippen LogP contribution in [0.1, 0.15) is 5.56 Å². The van der Waals surface area contributed by atoms with Gasteiger partial charge in [-0.15, -0.1) is 10.2 Å². The van der Waals surface area contributed by atoms with Gasteiger partial charge in [-0.2, -0.15) is 0 Å². The molecule has 0 aliphatic carbocycles. The van der Waals surface area contributed by atoms with Crippen molar-refractivity contribution in [3.05, 3.63) is 58.6 Å². The van der Waals surface area contributed by atoms with Gasteiger partial charge in [0.25, 0.3) is 0 Å². The maximum absolute atomic E-state index is 6.15. The highest BCUT2D eigenvalue weighted by Gasteiger charge is 2.14. The van der Waals surface area contributed by atoms with Gasteiger partial charge in [0.15, 0.2) is 5.82 Å². The summed E-state index contributed by atoms with van der Waals surface area (Å²) in [5.74, 6) is 8.36. The Kier molecular flexibility index (Phi) is 4.88. The van der Waals surface area contributed by atoms with Crippen molar-refractivity contribution in [2.75, 3.05) is 13.0 Å². The Morgan fingerprint density at radius 2 is 2.00 bits per heavy atom. The summed E-state index contributed by atoms with van der Waals surface area (Å²) in [5, 5.41) is 9.06. The van der Waals surface area contributed by atoms with Crippen LogP contribution >= 0.6 is 27.7 Å². The summed E-state index contributed by atoms with van der Waals surface area (Å²) in [7, 11) is 1.66. The van der Waals surface area contributed by atoms with Gasteiger partial charge in [0.1, 0.15) is 5.75 Å². The standard InChI is InChI=1S/C16H15BrN4OS/c1-22-12-6-4-5-11(9-12)10-23-16-20-19-15(21(16)18)13-7-2-3-8-14(13)17/h2-9H,10,18H2,1H3. The lowest BCUT2D eigenvalue weighted by Crippen LogP contribution is -2.11. The van der Waals surface area contributed by atoms with Crippen molar-refractivity contribution in [2.45, 2.75) is 10.9 Å². The first-order valence-electron chi connectivity index (χ1n) is 6.90. The first kappa shape index (κ1) is 15.9. The number of hydrogen-bond acceptors (Lipinski definition) is 5. The molecule has 1 aromatic heterocycles. The Hall–Kier alpha value is -1.99. The number of aromatic nitrogens is 3. The number of nitrogens with two attached hydrogens (primary N) is 1. The minimum absolute atomic E-state index is 0.630. The number of thioether (sulfide) groups is 1. The minimum Gasteiger partial charge on any atom is -0.497 e. The normalized spacial score (nSPS) is 10.7. The van der Waals surface area contributed by atoms with Crippen LogP contribution < -0.4 is 10.6 Å². The molecule has 3 rings (SSSR count). The SMILES string of the molecule is COc1cccc(CSc2nnc(-c3ccccc3Br)n2N)c1. The molecule has 0 amide bonds.